The number of fused-ring (bicyclic) bond motifs is 1. The summed E-state index contributed by atoms with van der Waals surface area (Å²) in [4.78, 5) is 0. The first-order valence-electron chi connectivity index (χ1n) is 4.74. The largest absolute Gasteiger partial charge is 0.508 e. The van der Waals surface area contributed by atoms with Crippen molar-refractivity contribution in [1.29, 1.82) is 0 Å². The fourth-order valence-electron chi connectivity index (χ4n) is 1.31. The first-order chi connectivity index (χ1) is 6.68. The monoisotopic (exact) mass is 193 g/mol. The van der Waals surface area contributed by atoms with Gasteiger partial charge in [-0.25, -0.2) is 0 Å². The first-order valence-corrected chi connectivity index (χ1v) is 4.74. The first kappa shape index (κ1) is 10.6. The zero-order valence-electron chi connectivity index (χ0n) is 8.96. The van der Waals surface area contributed by atoms with E-state index in [1.807, 2.05) is 27.7 Å². The molecule has 1 N–H and O–H groups in total. The van der Waals surface area contributed by atoms with Gasteiger partial charge in [0.15, 0.2) is 5.58 Å². The average Bonchev–Trinajstić information content (AvgIpc) is 2.52. The van der Waals surface area contributed by atoms with Gasteiger partial charge < -0.3 is 9.63 Å². The number of aromatic hydroxyl groups is 1. The van der Waals surface area contributed by atoms with Gasteiger partial charge >= 0.3 is 0 Å². The van der Waals surface area contributed by atoms with Crippen LogP contribution in [-0.2, 0) is 0 Å². The van der Waals surface area contributed by atoms with Crippen molar-refractivity contribution >= 4 is 11.0 Å². The standard InChI is InChI=1S/C9H9NO2.C2H6/c1-5-3-7(11)4-8-6(2)10-12-9(5)8;1-2/h3-4,11H,1-2H3;1-2H3. The van der Waals surface area contributed by atoms with Gasteiger partial charge in [0.1, 0.15) is 5.75 Å². The van der Waals surface area contributed by atoms with Crippen LogP contribution in [0.1, 0.15) is 25.1 Å². The van der Waals surface area contributed by atoms with Gasteiger partial charge in [-0.2, -0.15) is 0 Å². The minimum Gasteiger partial charge on any atom is -0.508 e. The molecule has 76 valence electrons. The molecule has 0 saturated carbocycles. The second kappa shape index (κ2) is 4.13. The van der Waals surface area contributed by atoms with Crippen LogP contribution in [0.15, 0.2) is 16.7 Å². The number of phenolic OH excluding ortho intramolecular Hbond substituents is 1. The molecular formula is C11H15NO2. The van der Waals surface area contributed by atoms with Crippen molar-refractivity contribution in [2.45, 2.75) is 27.7 Å². The third-order valence-electron chi connectivity index (χ3n) is 1.92. The number of hydrogen-bond acceptors (Lipinski definition) is 3. The Labute approximate surface area is 83.3 Å². The maximum absolute atomic E-state index is 9.28. The highest BCUT2D eigenvalue weighted by Crippen LogP contribution is 2.25. The second-order valence-electron chi connectivity index (χ2n) is 2.91. The van der Waals surface area contributed by atoms with Gasteiger partial charge in [-0.05, 0) is 31.5 Å². The summed E-state index contributed by atoms with van der Waals surface area (Å²) in [5, 5.41) is 14.0. The molecule has 0 radical (unpaired) electrons. The molecule has 0 unspecified atom stereocenters. The summed E-state index contributed by atoms with van der Waals surface area (Å²) in [6.45, 7) is 7.73. The number of aromatic nitrogens is 1. The summed E-state index contributed by atoms with van der Waals surface area (Å²) in [7, 11) is 0. The normalized spacial score (nSPS) is 9.71. The number of nitrogens with zero attached hydrogens (tertiary/aromatic N) is 1. The molecule has 0 amide bonds. The number of rotatable bonds is 0. The Hall–Kier alpha value is -1.51. The molecule has 0 atom stereocenters. The lowest BCUT2D eigenvalue weighted by atomic mass is 10.1. The van der Waals surface area contributed by atoms with Crippen LogP contribution < -0.4 is 0 Å². The lowest BCUT2D eigenvalue weighted by Gasteiger charge is -1.94. The molecule has 0 saturated heterocycles. The number of phenols is 1. The predicted molar refractivity (Wildman–Crippen MR) is 56.5 cm³/mol. The maximum atomic E-state index is 9.28. The van der Waals surface area contributed by atoms with Crippen molar-refractivity contribution in [1.82, 2.24) is 5.16 Å². The zero-order valence-corrected chi connectivity index (χ0v) is 8.96. The van der Waals surface area contributed by atoms with Gasteiger partial charge in [-0.1, -0.05) is 19.0 Å². The molecule has 2 aromatic rings. The van der Waals surface area contributed by atoms with Crippen LogP contribution in [0.5, 0.6) is 5.75 Å². The number of hydrogen-bond donors (Lipinski definition) is 1. The van der Waals surface area contributed by atoms with Crippen LogP contribution in [0.3, 0.4) is 0 Å². The van der Waals surface area contributed by atoms with Crippen LogP contribution >= 0.6 is 0 Å². The van der Waals surface area contributed by atoms with Crippen LogP contribution in [0, 0.1) is 13.8 Å². The molecule has 0 aliphatic heterocycles. The van der Waals surface area contributed by atoms with E-state index in [9.17, 15) is 5.11 Å². The molecular weight excluding hydrogens is 178 g/mol. The van der Waals surface area contributed by atoms with Crippen LogP contribution in [0.25, 0.3) is 11.0 Å². The lowest BCUT2D eigenvalue weighted by molar-refractivity contribution is 0.447. The minimum atomic E-state index is 0.256. The van der Waals surface area contributed by atoms with Gasteiger partial charge in [-0.15, -0.1) is 0 Å². The van der Waals surface area contributed by atoms with E-state index in [1.165, 1.54) is 0 Å². The van der Waals surface area contributed by atoms with Gasteiger partial charge in [0.05, 0.1) is 5.69 Å². The molecule has 3 nitrogen and oxygen atoms in total. The lowest BCUT2D eigenvalue weighted by Crippen LogP contribution is -1.74. The average molecular weight is 193 g/mol. The molecule has 2 rings (SSSR count). The summed E-state index contributed by atoms with van der Waals surface area (Å²) in [5.74, 6) is 0.256. The van der Waals surface area contributed by atoms with Crippen molar-refractivity contribution < 1.29 is 9.63 Å². The summed E-state index contributed by atoms with van der Waals surface area (Å²) in [6, 6.07) is 3.32. The van der Waals surface area contributed by atoms with Crippen molar-refractivity contribution in [3.8, 4) is 5.75 Å². The maximum Gasteiger partial charge on any atom is 0.170 e. The topological polar surface area (TPSA) is 46.3 Å². The van der Waals surface area contributed by atoms with E-state index in [4.69, 9.17) is 4.52 Å². The number of aryl methyl sites for hydroxylation is 2. The highest BCUT2D eigenvalue weighted by atomic mass is 16.5. The van der Waals surface area contributed by atoms with Crippen molar-refractivity contribution in [3.63, 3.8) is 0 Å². The fourth-order valence-corrected chi connectivity index (χ4v) is 1.31. The second-order valence-corrected chi connectivity index (χ2v) is 2.91. The van der Waals surface area contributed by atoms with Crippen LogP contribution in [0.2, 0.25) is 0 Å². The molecule has 0 aliphatic carbocycles. The van der Waals surface area contributed by atoms with Gasteiger partial charge in [0.25, 0.3) is 0 Å². The smallest absolute Gasteiger partial charge is 0.170 e. The van der Waals surface area contributed by atoms with E-state index >= 15 is 0 Å². The van der Waals surface area contributed by atoms with Crippen molar-refractivity contribution in [2.75, 3.05) is 0 Å². The van der Waals surface area contributed by atoms with E-state index < -0.39 is 0 Å². The van der Waals surface area contributed by atoms with E-state index in [-0.39, 0.29) is 5.75 Å². The van der Waals surface area contributed by atoms with Crippen molar-refractivity contribution in [3.05, 3.63) is 23.4 Å². The summed E-state index contributed by atoms with van der Waals surface area (Å²) >= 11 is 0. The summed E-state index contributed by atoms with van der Waals surface area (Å²) in [6.07, 6.45) is 0. The minimum absolute atomic E-state index is 0.256. The molecule has 1 aromatic carbocycles. The van der Waals surface area contributed by atoms with Crippen molar-refractivity contribution in [2.24, 2.45) is 0 Å². The van der Waals surface area contributed by atoms with E-state index in [2.05, 4.69) is 5.16 Å². The third kappa shape index (κ3) is 1.71. The molecule has 0 fully saturated rings. The van der Waals surface area contributed by atoms with Gasteiger partial charge in [0, 0.05) is 5.39 Å². The number of benzene rings is 1. The molecule has 0 bridgehead atoms. The quantitative estimate of drug-likeness (QED) is 0.699. The molecule has 14 heavy (non-hydrogen) atoms. The summed E-state index contributed by atoms with van der Waals surface area (Å²) in [5.41, 5.74) is 2.47. The Balaban J connectivity index is 0.000000461. The molecule has 3 heteroatoms. The third-order valence-corrected chi connectivity index (χ3v) is 1.92. The Morgan fingerprint density at radius 1 is 1.21 bits per heavy atom. The van der Waals surface area contributed by atoms with E-state index in [0.29, 0.717) is 0 Å². The molecule has 0 spiro atoms. The zero-order chi connectivity index (χ0) is 10.7. The Morgan fingerprint density at radius 3 is 2.50 bits per heavy atom. The van der Waals surface area contributed by atoms with Gasteiger partial charge in [-0.3, -0.25) is 0 Å². The van der Waals surface area contributed by atoms with Gasteiger partial charge in [0.2, 0.25) is 0 Å². The molecule has 0 aliphatic rings. The Kier molecular flexibility index (Phi) is 3.12. The molecule has 1 aromatic heterocycles. The highest BCUT2D eigenvalue weighted by Gasteiger charge is 2.07. The Morgan fingerprint density at radius 2 is 1.86 bits per heavy atom. The molecule has 1 heterocycles. The van der Waals surface area contributed by atoms with E-state index in [1.54, 1.807) is 12.1 Å². The summed E-state index contributed by atoms with van der Waals surface area (Å²) < 4.78 is 5.07. The fraction of sp³-hybridized carbons (Fsp3) is 0.364. The predicted octanol–water partition coefficient (Wildman–Crippen LogP) is 3.18. The van der Waals surface area contributed by atoms with Crippen LogP contribution in [-0.4, -0.2) is 10.3 Å². The Bertz CT molecular complexity index is 432. The van der Waals surface area contributed by atoms with Crippen LogP contribution in [0.4, 0.5) is 0 Å². The SMILES string of the molecule is CC.Cc1noc2c(C)cc(O)cc12. The van der Waals surface area contributed by atoms with E-state index in [0.717, 1.165) is 22.2 Å². The highest BCUT2D eigenvalue weighted by molar-refractivity contribution is 5.83.